The van der Waals surface area contributed by atoms with E-state index in [0.717, 1.165) is 5.56 Å². The van der Waals surface area contributed by atoms with E-state index in [9.17, 15) is 12.8 Å². The Balaban J connectivity index is 2.33. The van der Waals surface area contributed by atoms with Crippen LogP contribution in [-0.2, 0) is 10.0 Å². The predicted molar refractivity (Wildman–Crippen MR) is 81.5 cm³/mol. The highest BCUT2D eigenvalue weighted by Crippen LogP contribution is 2.25. The third-order valence-electron chi connectivity index (χ3n) is 2.90. The molecule has 0 saturated heterocycles. The molecule has 112 valence electrons. The SMILES string of the molecule is CNS(=O)(=O)c1ccc(Nc2cc(C)cc(F)c2)cc1N. The number of halogens is 1. The molecule has 0 aromatic heterocycles. The van der Waals surface area contributed by atoms with Gasteiger partial charge in [0.1, 0.15) is 10.7 Å². The first-order chi connectivity index (χ1) is 9.81. The molecule has 0 saturated carbocycles. The van der Waals surface area contributed by atoms with Crippen molar-refractivity contribution in [1.82, 2.24) is 4.72 Å². The zero-order valence-electron chi connectivity index (χ0n) is 11.6. The Labute approximate surface area is 123 Å². The standard InChI is InChI=1S/C14H16FN3O2S/c1-9-5-10(15)7-12(6-9)18-11-3-4-14(13(16)8-11)21(19,20)17-2/h3-8,17-18H,16H2,1-2H3. The van der Waals surface area contributed by atoms with Gasteiger partial charge in [-0.3, -0.25) is 0 Å². The Kier molecular flexibility index (Phi) is 4.15. The molecule has 0 bridgehead atoms. The van der Waals surface area contributed by atoms with Gasteiger partial charge in [0.15, 0.2) is 0 Å². The maximum absolute atomic E-state index is 13.3. The molecule has 5 nitrogen and oxygen atoms in total. The van der Waals surface area contributed by atoms with E-state index < -0.39 is 10.0 Å². The molecular weight excluding hydrogens is 293 g/mol. The van der Waals surface area contributed by atoms with Crippen molar-refractivity contribution in [3.05, 3.63) is 47.8 Å². The second-order valence-corrected chi connectivity index (χ2v) is 6.46. The van der Waals surface area contributed by atoms with E-state index in [1.807, 2.05) is 0 Å². The molecule has 0 heterocycles. The summed E-state index contributed by atoms with van der Waals surface area (Å²) in [7, 11) is -2.28. The molecule has 0 aliphatic heterocycles. The molecule has 2 aromatic carbocycles. The molecule has 0 aliphatic carbocycles. The van der Waals surface area contributed by atoms with Gasteiger partial charge in [-0.15, -0.1) is 0 Å². The Morgan fingerprint density at radius 1 is 1.10 bits per heavy atom. The first-order valence-corrected chi connectivity index (χ1v) is 7.67. The van der Waals surface area contributed by atoms with Crippen molar-refractivity contribution in [1.29, 1.82) is 0 Å². The highest BCUT2D eigenvalue weighted by atomic mass is 32.2. The number of aryl methyl sites for hydroxylation is 1. The normalized spacial score (nSPS) is 11.4. The van der Waals surface area contributed by atoms with E-state index in [-0.39, 0.29) is 16.4 Å². The lowest BCUT2D eigenvalue weighted by Gasteiger charge is -2.11. The molecular formula is C14H16FN3O2S. The van der Waals surface area contributed by atoms with Gasteiger partial charge >= 0.3 is 0 Å². The summed E-state index contributed by atoms with van der Waals surface area (Å²) < 4.78 is 39.0. The number of sulfonamides is 1. The van der Waals surface area contributed by atoms with Crippen LogP contribution in [0.3, 0.4) is 0 Å². The van der Waals surface area contributed by atoms with E-state index in [0.29, 0.717) is 11.4 Å². The number of hydrogen-bond donors (Lipinski definition) is 3. The lowest BCUT2D eigenvalue weighted by molar-refractivity contribution is 0.588. The zero-order chi connectivity index (χ0) is 15.6. The van der Waals surface area contributed by atoms with Gasteiger partial charge in [-0.05, 0) is 55.9 Å². The highest BCUT2D eigenvalue weighted by molar-refractivity contribution is 7.89. The average Bonchev–Trinajstić information content (AvgIpc) is 2.37. The summed E-state index contributed by atoms with van der Waals surface area (Å²) in [6, 6.07) is 9.00. The van der Waals surface area contributed by atoms with Crippen molar-refractivity contribution in [3.63, 3.8) is 0 Å². The van der Waals surface area contributed by atoms with Crippen LogP contribution >= 0.6 is 0 Å². The summed E-state index contributed by atoms with van der Waals surface area (Å²) in [5.41, 5.74) is 7.80. The summed E-state index contributed by atoms with van der Waals surface area (Å²) >= 11 is 0. The Morgan fingerprint density at radius 3 is 2.38 bits per heavy atom. The Hall–Kier alpha value is -2.12. The van der Waals surface area contributed by atoms with Crippen molar-refractivity contribution in [3.8, 4) is 0 Å². The molecule has 0 atom stereocenters. The van der Waals surface area contributed by atoms with Gasteiger partial charge in [0.05, 0.1) is 5.69 Å². The lowest BCUT2D eigenvalue weighted by Crippen LogP contribution is -2.19. The first kappa shape index (κ1) is 15.3. The second-order valence-electron chi connectivity index (χ2n) is 4.60. The second kappa shape index (κ2) is 5.71. The summed E-state index contributed by atoms with van der Waals surface area (Å²) in [4.78, 5) is 0.00553. The maximum Gasteiger partial charge on any atom is 0.242 e. The number of nitrogen functional groups attached to an aromatic ring is 1. The topological polar surface area (TPSA) is 84.2 Å². The first-order valence-electron chi connectivity index (χ1n) is 6.19. The minimum Gasteiger partial charge on any atom is -0.398 e. The van der Waals surface area contributed by atoms with Gasteiger partial charge in [-0.25, -0.2) is 17.5 Å². The molecule has 21 heavy (non-hydrogen) atoms. The summed E-state index contributed by atoms with van der Waals surface area (Å²) in [5.74, 6) is -0.347. The molecule has 0 aliphatic rings. The number of benzene rings is 2. The van der Waals surface area contributed by atoms with Gasteiger partial charge in [-0.1, -0.05) is 0 Å². The van der Waals surface area contributed by atoms with Crippen LogP contribution in [0.1, 0.15) is 5.56 Å². The fourth-order valence-corrected chi connectivity index (χ4v) is 2.79. The third kappa shape index (κ3) is 3.50. The smallest absolute Gasteiger partial charge is 0.242 e. The van der Waals surface area contributed by atoms with Crippen molar-refractivity contribution < 1.29 is 12.8 Å². The van der Waals surface area contributed by atoms with Gasteiger partial charge in [0.25, 0.3) is 0 Å². The van der Waals surface area contributed by atoms with Crippen LogP contribution in [0.25, 0.3) is 0 Å². The minimum atomic E-state index is -3.59. The Bertz CT molecular complexity index is 756. The molecule has 0 spiro atoms. The van der Waals surface area contributed by atoms with Crippen LogP contribution in [0.2, 0.25) is 0 Å². The Morgan fingerprint density at radius 2 is 1.81 bits per heavy atom. The fraction of sp³-hybridized carbons (Fsp3) is 0.143. The highest BCUT2D eigenvalue weighted by Gasteiger charge is 2.15. The van der Waals surface area contributed by atoms with E-state index in [4.69, 9.17) is 5.73 Å². The van der Waals surface area contributed by atoms with Crippen LogP contribution in [0.5, 0.6) is 0 Å². The number of hydrogen-bond acceptors (Lipinski definition) is 4. The van der Waals surface area contributed by atoms with E-state index in [1.165, 1.54) is 31.3 Å². The molecule has 7 heteroatoms. The zero-order valence-corrected chi connectivity index (χ0v) is 12.5. The number of nitrogens with one attached hydrogen (secondary N) is 2. The maximum atomic E-state index is 13.3. The molecule has 4 N–H and O–H groups in total. The van der Waals surface area contributed by atoms with Gasteiger partial charge in [-0.2, -0.15) is 0 Å². The molecule has 2 aromatic rings. The largest absolute Gasteiger partial charge is 0.398 e. The van der Waals surface area contributed by atoms with Gasteiger partial charge in [0.2, 0.25) is 10.0 Å². The third-order valence-corrected chi connectivity index (χ3v) is 4.39. The van der Waals surface area contributed by atoms with Crippen molar-refractivity contribution in [2.75, 3.05) is 18.1 Å². The summed E-state index contributed by atoms with van der Waals surface area (Å²) in [6.07, 6.45) is 0. The van der Waals surface area contributed by atoms with Crippen LogP contribution in [0, 0.1) is 12.7 Å². The van der Waals surface area contributed by atoms with Crippen molar-refractivity contribution >= 4 is 27.1 Å². The fourth-order valence-electron chi connectivity index (χ4n) is 1.96. The monoisotopic (exact) mass is 309 g/mol. The average molecular weight is 309 g/mol. The van der Waals surface area contributed by atoms with Crippen molar-refractivity contribution in [2.45, 2.75) is 11.8 Å². The number of nitrogens with two attached hydrogens (primary N) is 1. The van der Waals surface area contributed by atoms with Gasteiger partial charge < -0.3 is 11.1 Å². The minimum absolute atomic E-state index is 0.00553. The van der Waals surface area contributed by atoms with E-state index >= 15 is 0 Å². The molecule has 0 unspecified atom stereocenters. The van der Waals surface area contributed by atoms with Crippen LogP contribution in [0.15, 0.2) is 41.3 Å². The van der Waals surface area contributed by atoms with E-state index in [2.05, 4.69) is 10.0 Å². The van der Waals surface area contributed by atoms with Crippen LogP contribution < -0.4 is 15.8 Å². The summed E-state index contributed by atoms with van der Waals surface area (Å²) in [5, 5.41) is 2.99. The van der Waals surface area contributed by atoms with Crippen molar-refractivity contribution in [2.24, 2.45) is 0 Å². The van der Waals surface area contributed by atoms with E-state index in [1.54, 1.807) is 19.1 Å². The number of rotatable bonds is 4. The van der Waals surface area contributed by atoms with Gasteiger partial charge in [0, 0.05) is 11.4 Å². The summed E-state index contributed by atoms with van der Waals surface area (Å²) in [6.45, 7) is 1.78. The molecule has 0 fully saturated rings. The predicted octanol–water partition coefficient (Wildman–Crippen LogP) is 2.37. The molecule has 2 rings (SSSR count). The molecule has 0 amide bonds. The number of anilines is 3. The van der Waals surface area contributed by atoms with Crippen LogP contribution in [-0.4, -0.2) is 15.5 Å². The lowest BCUT2D eigenvalue weighted by atomic mass is 10.2. The van der Waals surface area contributed by atoms with Crippen LogP contribution in [0.4, 0.5) is 21.5 Å². The quantitative estimate of drug-likeness (QED) is 0.757. The molecule has 0 radical (unpaired) electrons.